The van der Waals surface area contributed by atoms with E-state index in [2.05, 4.69) is 31.9 Å². The molecule has 0 radical (unpaired) electrons. The van der Waals surface area contributed by atoms with Crippen molar-refractivity contribution in [2.75, 3.05) is 6.61 Å². The molecule has 1 unspecified atom stereocenters. The van der Waals surface area contributed by atoms with Crippen LogP contribution >= 0.6 is 11.3 Å². The lowest BCUT2D eigenvalue weighted by molar-refractivity contribution is 0.0877. The minimum absolute atomic E-state index is 0.0712. The molecule has 5 nitrogen and oxygen atoms in total. The van der Waals surface area contributed by atoms with E-state index >= 15 is 0 Å². The largest absolute Gasteiger partial charge is 0.491 e. The Morgan fingerprint density at radius 1 is 1.14 bits per heavy atom. The molecule has 6 heteroatoms. The first-order chi connectivity index (χ1) is 13.6. The molecule has 0 spiro atoms. The lowest BCUT2D eigenvalue weighted by Crippen LogP contribution is -2.31. The molecule has 2 aromatic heterocycles. The minimum atomic E-state index is -0.845. The lowest BCUT2D eigenvalue weighted by Gasteiger charge is -2.21. The monoisotopic (exact) mass is 412 g/mol. The van der Waals surface area contributed by atoms with Gasteiger partial charge in [-0.05, 0) is 54.7 Å². The maximum absolute atomic E-state index is 12.2. The summed E-state index contributed by atoms with van der Waals surface area (Å²) in [6.45, 7) is 10.7. The standard InChI is InChI=1S/C23H28N2O3S/c1-15-12-17(23(3,4)5)7-9-20(15)28-14-18(26)13-25-22(27)11-8-19(24-25)21-10-6-16(2)29-21/h6-12,18,26H,13-14H2,1-5H3. The van der Waals surface area contributed by atoms with Crippen LogP contribution in [0.15, 0.2) is 47.3 Å². The summed E-state index contributed by atoms with van der Waals surface area (Å²) in [6.07, 6.45) is -0.845. The molecule has 154 valence electrons. The van der Waals surface area contributed by atoms with Crippen LogP contribution < -0.4 is 10.3 Å². The van der Waals surface area contributed by atoms with E-state index in [1.54, 1.807) is 17.4 Å². The van der Waals surface area contributed by atoms with Crippen LogP contribution in [0.5, 0.6) is 5.75 Å². The van der Waals surface area contributed by atoms with E-state index in [1.807, 2.05) is 38.1 Å². The number of hydrogen-bond donors (Lipinski definition) is 1. The van der Waals surface area contributed by atoms with E-state index in [-0.39, 0.29) is 24.1 Å². The van der Waals surface area contributed by atoms with Crippen molar-refractivity contribution >= 4 is 11.3 Å². The number of aromatic nitrogens is 2. The van der Waals surface area contributed by atoms with Gasteiger partial charge >= 0.3 is 0 Å². The summed E-state index contributed by atoms with van der Waals surface area (Å²) < 4.78 is 7.11. The molecule has 1 aromatic carbocycles. The van der Waals surface area contributed by atoms with Crippen LogP contribution in [0, 0.1) is 13.8 Å². The van der Waals surface area contributed by atoms with Crippen molar-refractivity contribution in [3.05, 3.63) is 68.8 Å². The molecule has 0 aliphatic carbocycles. The number of ether oxygens (including phenoxy) is 1. The Hall–Kier alpha value is -2.44. The van der Waals surface area contributed by atoms with Crippen LogP contribution in [-0.2, 0) is 12.0 Å². The van der Waals surface area contributed by atoms with Crippen molar-refractivity contribution < 1.29 is 9.84 Å². The number of benzene rings is 1. The number of aliphatic hydroxyl groups excluding tert-OH is 1. The molecule has 3 aromatic rings. The van der Waals surface area contributed by atoms with Gasteiger partial charge in [0, 0.05) is 10.9 Å². The highest BCUT2D eigenvalue weighted by atomic mass is 32.1. The molecular formula is C23H28N2O3S. The summed E-state index contributed by atoms with van der Waals surface area (Å²) in [5.41, 5.74) is 2.81. The van der Waals surface area contributed by atoms with E-state index < -0.39 is 6.10 Å². The lowest BCUT2D eigenvalue weighted by atomic mass is 9.86. The van der Waals surface area contributed by atoms with E-state index in [9.17, 15) is 9.90 Å². The highest BCUT2D eigenvalue weighted by Crippen LogP contribution is 2.28. The molecule has 29 heavy (non-hydrogen) atoms. The SMILES string of the molecule is Cc1ccc(-c2ccc(=O)n(CC(O)COc3ccc(C(C)(C)C)cc3C)n2)s1. The van der Waals surface area contributed by atoms with E-state index in [0.29, 0.717) is 0 Å². The number of thiophene rings is 1. The molecule has 0 aliphatic rings. The van der Waals surface area contributed by atoms with Crippen molar-refractivity contribution in [1.82, 2.24) is 9.78 Å². The molecule has 0 aliphatic heterocycles. The maximum atomic E-state index is 12.2. The predicted octanol–water partition coefficient (Wildman–Crippen LogP) is 4.33. The Morgan fingerprint density at radius 3 is 2.52 bits per heavy atom. The highest BCUT2D eigenvalue weighted by Gasteiger charge is 2.16. The molecule has 1 atom stereocenters. The Bertz CT molecular complexity index is 1050. The smallest absolute Gasteiger partial charge is 0.266 e. The first-order valence-corrected chi connectivity index (χ1v) is 10.5. The fourth-order valence-electron chi connectivity index (χ4n) is 3.00. The molecule has 0 fully saturated rings. The van der Waals surface area contributed by atoms with Gasteiger partial charge in [0.05, 0.1) is 11.4 Å². The Morgan fingerprint density at radius 2 is 1.90 bits per heavy atom. The molecule has 0 saturated heterocycles. The van der Waals surface area contributed by atoms with Crippen LogP contribution in [-0.4, -0.2) is 27.6 Å². The van der Waals surface area contributed by atoms with Gasteiger partial charge in [0.25, 0.3) is 5.56 Å². The normalized spacial score (nSPS) is 12.8. The zero-order valence-corrected chi connectivity index (χ0v) is 18.4. The molecule has 0 bridgehead atoms. The summed E-state index contributed by atoms with van der Waals surface area (Å²) in [7, 11) is 0. The highest BCUT2D eigenvalue weighted by molar-refractivity contribution is 7.15. The zero-order chi connectivity index (χ0) is 21.2. The van der Waals surface area contributed by atoms with Crippen molar-refractivity contribution in [1.29, 1.82) is 0 Å². The second-order valence-electron chi connectivity index (χ2n) is 8.34. The van der Waals surface area contributed by atoms with Gasteiger partial charge in [0.1, 0.15) is 24.2 Å². The second kappa shape index (κ2) is 8.51. The van der Waals surface area contributed by atoms with Crippen molar-refractivity contribution in [3.63, 3.8) is 0 Å². The predicted molar refractivity (Wildman–Crippen MR) is 118 cm³/mol. The van der Waals surface area contributed by atoms with Crippen LogP contribution in [0.1, 0.15) is 36.8 Å². The van der Waals surface area contributed by atoms with Gasteiger partial charge in [0.15, 0.2) is 0 Å². The Labute approximate surface area is 175 Å². The maximum Gasteiger partial charge on any atom is 0.266 e. The van der Waals surface area contributed by atoms with Gasteiger partial charge in [0.2, 0.25) is 0 Å². The Balaban J connectivity index is 1.67. The number of nitrogens with zero attached hydrogens (tertiary/aromatic N) is 2. The third-order valence-electron chi connectivity index (χ3n) is 4.72. The molecular weight excluding hydrogens is 384 g/mol. The van der Waals surface area contributed by atoms with Crippen molar-refractivity contribution in [2.45, 2.75) is 52.7 Å². The van der Waals surface area contributed by atoms with Gasteiger partial charge in [-0.1, -0.05) is 32.9 Å². The summed E-state index contributed by atoms with van der Waals surface area (Å²) in [4.78, 5) is 14.3. The van der Waals surface area contributed by atoms with Crippen LogP contribution in [0.4, 0.5) is 0 Å². The average Bonchev–Trinajstić information content (AvgIpc) is 3.08. The summed E-state index contributed by atoms with van der Waals surface area (Å²) in [5, 5.41) is 14.8. The van der Waals surface area contributed by atoms with E-state index in [1.165, 1.54) is 21.2 Å². The van der Waals surface area contributed by atoms with E-state index in [4.69, 9.17) is 4.74 Å². The fourth-order valence-corrected chi connectivity index (χ4v) is 3.83. The molecule has 1 N–H and O–H groups in total. The summed E-state index contributed by atoms with van der Waals surface area (Å²) >= 11 is 1.62. The molecule has 0 saturated carbocycles. The first kappa shape index (κ1) is 21.3. The molecule has 0 amide bonds. The third-order valence-corrected chi connectivity index (χ3v) is 5.74. The summed E-state index contributed by atoms with van der Waals surface area (Å²) in [5.74, 6) is 0.736. The third kappa shape index (κ3) is 5.34. The number of rotatable bonds is 6. The molecule has 3 rings (SSSR count). The average molecular weight is 413 g/mol. The van der Waals surface area contributed by atoms with Crippen LogP contribution in [0.25, 0.3) is 10.6 Å². The van der Waals surface area contributed by atoms with Crippen molar-refractivity contribution in [3.8, 4) is 16.3 Å². The zero-order valence-electron chi connectivity index (χ0n) is 17.6. The van der Waals surface area contributed by atoms with E-state index in [0.717, 1.165) is 21.9 Å². The summed E-state index contributed by atoms with van der Waals surface area (Å²) in [6, 6.07) is 13.3. The first-order valence-electron chi connectivity index (χ1n) is 9.70. The van der Waals surface area contributed by atoms with Crippen molar-refractivity contribution in [2.24, 2.45) is 0 Å². The quantitative estimate of drug-likeness (QED) is 0.655. The number of aliphatic hydroxyl groups is 1. The number of hydrogen-bond acceptors (Lipinski definition) is 5. The topological polar surface area (TPSA) is 64.4 Å². The fraction of sp³-hybridized carbons (Fsp3) is 0.391. The van der Waals surface area contributed by atoms with Crippen LogP contribution in [0.3, 0.4) is 0 Å². The minimum Gasteiger partial charge on any atom is -0.491 e. The Kier molecular flexibility index (Phi) is 6.24. The second-order valence-corrected chi connectivity index (χ2v) is 9.63. The van der Waals surface area contributed by atoms with Gasteiger partial charge in [-0.15, -0.1) is 11.3 Å². The van der Waals surface area contributed by atoms with Gasteiger partial charge in [-0.2, -0.15) is 5.10 Å². The number of aryl methyl sites for hydroxylation is 2. The van der Waals surface area contributed by atoms with Gasteiger partial charge in [-0.25, -0.2) is 4.68 Å². The van der Waals surface area contributed by atoms with Gasteiger partial charge < -0.3 is 9.84 Å². The molecule has 2 heterocycles. The van der Waals surface area contributed by atoms with Gasteiger partial charge in [-0.3, -0.25) is 4.79 Å². The van der Waals surface area contributed by atoms with Crippen LogP contribution in [0.2, 0.25) is 0 Å².